The molecule has 1 rings (SSSR count). The molecule has 0 saturated carbocycles. The minimum atomic E-state index is -0.890. The molecule has 0 heterocycles. The molecule has 18 heavy (non-hydrogen) atoms. The summed E-state index contributed by atoms with van der Waals surface area (Å²) in [4.78, 5) is 11.2. The zero-order chi connectivity index (χ0) is 13.5. The number of rotatable bonds is 6. The van der Waals surface area contributed by atoms with Crippen molar-refractivity contribution in [2.24, 2.45) is 0 Å². The normalized spacial score (nSPS) is 10.2. The number of nitrogens with one attached hydrogen (secondary N) is 1. The van der Waals surface area contributed by atoms with Crippen LogP contribution in [0.3, 0.4) is 0 Å². The molecule has 0 amide bonds. The molecule has 0 atom stereocenters. The van der Waals surface area contributed by atoms with Gasteiger partial charge in [0.2, 0.25) is 0 Å². The van der Waals surface area contributed by atoms with Gasteiger partial charge in [-0.3, -0.25) is 0 Å². The van der Waals surface area contributed by atoms with E-state index in [4.69, 9.17) is 4.74 Å². The average Bonchev–Trinajstić information content (AvgIpc) is 2.34. The highest BCUT2D eigenvalue weighted by atomic mass is 19.2. The second-order valence-corrected chi connectivity index (χ2v) is 3.68. The van der Waals surface area contributed by atoms with Crippen LogP contribution in [0, 0.1) is 11.6 Å². The van der Waals surface area contributed by atoms with E-state index in [1.807, 2.05) is 0 Å². The maximum absolute atomic E-state index is 12.9. The molecule has 5 heteroatoms. The van der Waals surface area contributed by atoms with Crippen molar-refractivity contribution < 1.29 is 18.3 Å². The number of hydrogen-bond donors (Lipinski definition) is 1. The fourth-order valence-electron chi connectivity index (χ4n) is 1.31. The summed E-state index contributed by atoms with van der Waals surface area (Å²) in [6, 6.07) is 3.64. The number of carbonyl (C=O) groups excluding carboxylic acids is 1. The number of ether oxygens (including phenoxy) is 1. The summed E-state index contributed by atoms with van der Waals surface area (Å²) in [5.74, 6) is -2.23. The Hall–Kier alpha value is -1.75. The van der Waals surface area contributed by atoms with Crippen LogP contribution in [0.1, 0.15) is 12.5 Å². The van der Waals surface area contributed by atoms with E-state index >= 15 is 0 Å². The van der Waals surface area contributed by atoms with Crippen LogP contribution in [-0.4, -0.2) is 19.1 Å². The standard InChI is InChI=1S/C13H15F2NO2/c1-3-18-13(17)9(2)7-16-8-10-4-5-11(14)12(15)6-10/h4-6,16H,2-3,7-8H2,1H3. The molecule has 0 aliphatic heterocycles. The minimum Gasteiger partial charge on any atom is -0.463 e. The first kappa shape index (κ1) is 14.3. The van der Waals surface area contributed by atoms with Crippen molar-refractivity contribution in [1.29, 1.82) is 0 Å². The van der Waals surface area contributed by atoms with E-state index in [2.05, 4.69) is 11.9 Å². The summed E-state index contributed by atoms with van der Waals surface area (Å²) in [5, 5.41) is 2.90. The Balaban J connectivity index is 2.39. The first-order valence-electron chi connectivity index (χ1n) is 5.54. The SMILES string of the molecule is C=C(CNCc1ccc(F)c(F)c1)C(=O)OCC. The van der Waals surface area contributed by atoms with Crippen molar-refractivity contribution in [3.8, 4) is 0 Å². The van der Waals surface area contributed by atoms with Crippen LogP contribution in [0.4, 0.5) is 8.78 Å². The molecule has 1 aromatic rings. The maximum Gasteiger partial charge on any atom is 0.334 e. The van der Waals surface area contributed by atoms with Gasteiger partial charge in [-0.05, 0) is 24.6 Å². The molecule has 0 saturated heterocycles. The number of carbonyl (C=O) groups is 1. The molecular formula is C13H15F2NO2. The van der Waals surface area contributed by atoms with Crippen molar-refractivity contribution in [3.63, 3.8) is 0 Å². The lowest BCUT2D eigenvalue weighted by molar-refractivity contribution is -0.138. The number of benzene rings is 1. The van der Waals surface area contributed by atoms with Crippen LogP contribution in [0.2, 0.25) is 0 Å². The fraction of sp³-hybridized carbons (Fsp3) is 0.308. The zero-order valence-corrected chi connectivity index (χ0v) is 10.1. The van der Waals surface area contributed by atoms with E-state index in [0.29, 0.717) is 24.3 Å². The lowest BCUT2D eigenvalue weighted by Gasteiger charge is -2.07. The summed E-state index contributed by atoms with van der Waals surface area (Å²) in [5.41, 5.74) is 0.880. The summed E-state index contributed by atoms with van der Waals surface area (Å²) < 4.78 is 30.3. The van der Waals surface area contributed by atoms with Gasteiger partial charge in [0.15, 0.2) is 11.6 Å². The van der Waals surface area contributed by atoms with Crippen LogP contribution < -0.4 is 5.32 Å². The average molecular weight is 255 g/mol. The van der Waals surface area contributed by atoms with Gasteiger partial charge in [-0.25, -0.2) is 13.6 Å². The topological polar surface area (TPSA) is 38.3 Å². The third-order valence-electron chi connectivity index (χ3n) is 2.22. The molecule has 3 nitrogen and oxygen atoms in total. The van der Waals surface area contributed by atoms with Crippen LogP contribution in [-0.2, 0) is 16.1 Å². The lowest BCUT2D eigenvalue weighted by Crippen LogP contribution is -2.21. The summed E-state index contributed by atoms with van der Waals surface area (Å²) in [6.07, 6.45) is 0. The first-order chi connectivity index (χ1) is 8.54. The monoisotopic (exact) mass is 255 g/mol. The van der Waals surface area contributed by atoms with Crippen LogP contribution in [0.5, 0.6) is 0 Å². The van der Waals surface area contributed by atoms with Gasteiger partial charge in [0, 0.05) is 18.7 Å². The summed E-state index contributed by atoms with van der Waals surface area (Å²) >= 11 is 0. The quantitative estimate of drug-likeness (QED) is 0.625. The molecular weight excluding hydrogens is 240 g/mol. The molecule has 0 aliphatic carbocycles. The molecule has 1 N–H and O–H groups in total. The Morgan fingerprint density at radius 2 is 2.11 bits per heavy atom. The summed E-state index contributed by atoms with van der Waals surface area (Å²) in [7, 11) is 0. The maximum atomic E-state index is 12.9. The van der Waals surface area contributed by atoms with Crippen LogP contribution in [0.15, 0.2) is 30.4 Å². The van der Waals surface area contributed by atoms with Crippen molar-refractivity contribution in [1.82, 2.24) is 5.32 Å². The molecule has 0 aliphatic rings. The van der Waals surface area contributed by atoms with Crippen LogP contribution in [0.25, 0.3) is 0 Å². The van der Waals surface area contributed by atoms with Gasteiger partial charge < -0.3 is 10.1 Å². The van der Waals surface area contributed by atoms with Gasteiger partial charge in [0.05, 0.1) is 6.61 Å². The largest absolute Gasteiger partial charge is 0.463 e. The smallest absolute Gasteiger partial charge is 0.334 e. The van der Waals surface area contributed by atoms with Gasteiger partial charge in [0.25, 0.3) is 0 Å². The van der Waals surface area contributed by atoms with Crippen molar-refractivity contribution in [2.45, 2.75) is 13.5 Å². The van der Waals surface area contributed by atoms with Gasteiger partial charge in [-0.1, -0.05) is 12.6 Å². The lowest BCUT2D eigenvalue weighted by atomic mass is 10.2. The number of halogens is 2. The van der Waals surface area contributed by atoms with E-state index < -0.39 is 17.6 Å². The highest BCUT2D eigenvalue weighted by Crippen LogP contribution is 2.08. The van der Waals surface area contributed by atoms with E-state index in [1.54, 1.807) is 6.92 Å². The third kappa shape index (κ3) is 4.25. The zero-order valence-electron chi connectivity index (χ0n) is 10.1. The van der Waals surface area contributed by atoms with E-state index in [0.717, 1.165) is 12.1 Å². The minimum absolute atomic E-state index is 0.234. The van der Waals surface area contributed by atoms with Crippen molar-refractivity contribution in [2.75, 3.05) is 13.2 Å². The first-order valence-corrected chi connectivity index (χ1v) is 5.54. The predicted molar refractivity (Wildman–Crippen MR) is 63.8 cm³/mol. The van der Waals surface area contributed by atoms with Crippen molar-refractivity contribution in [3.05, 3.63) is 47.5 Å². The summed E-state index contributed by atoms with van der Waals surface area (Å²) in [6.45, 7) is 6.11. The Labute approximate surface area is 104 Å². The Kier molecular flexibility index (Phi) is 5.45. The Morgan fingerprint density at radius 3 is 2.72 bits per heavy atom. The molecule has 0 radical (unpaired) electrons. The van der Waals surface area contributed by atoms with Gasteiger partial charge in [-0.15, -0.1) is 0 Å². The van der Waals surface area contributed by atoms with E-state index in [9.17, 15) is 13.6 Å². The highest BCUT2D eigenvalue weighted by molar-refractivity contribution is 5.88. The number of esters is 1. The van der Waals surface area contributed by atoms with Crippen LogP contribution >= 0.6 is 0 Å². The fourth-order valence-corrected chi connectivity index (χ4v) is 1.31. The van der Waals surface area contributed by atoms with Gasteiger partial charge in [-0.2, -0.15) is 0 Å². The van der Waals surface area contributed by atoms with Gasteiger partial charge >= 0.3 is 5.97 Å². The highest BCUT2D eigenvalue weighted by Gasteiger charge is 2.07. The Morgan fingerprint density at radius 1 is 1.39 bits per heavy atom. The third-order valence-corrected chi connectivity index (χ3v) is 2.22. The molecule has 0 spiro atoms. The van der Waals surface area contributed by atoms with Gasteiger partial charge in [0.1, 0.15) is 0 Å². The predicted octanol–water partition coefficient (Wildman–Crippen LogP) is 2.17. The molecule has 0 bridgehead atoms. The molecule has 98 valence electrons. The Bertz CT molecular complexity index is 447. The molecule has 0 unspecified atom stereocenters. The van der Waals surface area contributed by atoms with E-state index in [1.165, 1.54) is 6.07 Å². The molecule has 1 aromatic carbocycles. The second kappa shape index (κ2) is 6.86. The second-order valence-electron chi connectivity index (χ2n) is 3.68. The molecule has 0 fully saturated rings. The molecule has 0 aromatic heterocycles. The van der Waals surface area contributed by atoms with E-state index in [-0.39, 0.29) is 6.54 Å². The van der Waals surface area contributed by atoms with Crippen molar-refractivity contribution >= 4 is 5.97 Å². The number of hydrogen-bond acceptors (Lipinski definition) is 3.